The van der Waals surface area contributed by atoms with Gasteiger partial charge in [0, 0.05) is 11.1 Å². The number of primary amides is 1. The van der Waals surface area contributed by atoms with Gasteiger partial charge in [-0.15, -0.1) is 0 Å². The zero-order valence-electron chi connectivity index (χ0n) is 12.4. The highest BCUT2D eigenvalue weighted by molar-refractivity contribution is 7.89. The third-order valence-corrected chi connectivity index (χ3v) is 3.22. The Bertz CT molecular complexity index is 697. The third-order valence-electron chi connectivity index (χ3n) is 2.25. The molecule has 0 radical (unpaired) electrons. The average Bonchev–Trinajstić information content (AvgIpc) is 2.38. The quantitative estimate of drug-likeness (QED) is 0.709. The van der Waals surface area contributed by atoms with Crippen LogP contribution in [0.4, 0.5) is 5.69 Å². The Balaban J connectivity index is 0.000000626. The minimum atomic E-state index is -3.85. The van der Waals surface area contributed by atoms with Crippen molar-refractivity contribution < 1.29 is 18.0 Å². The van der Waals surface area contributed by atoms with E-state index in [1.807, 2.05) is 0 Å². The highest BCUT2D eigenvalue weighted by Gasteiger charge is 2.14. The summed E-state index contributed by atoms with van der Waals surface area (Å²) in [5.74, 6) is -0.883. The third kappa shape index (κ3) is 6.82. The lowest BCUT2D eigenvalue weighted by Crippen LogP contribution is -2.18. The summed E-state index contributed by atoms with van der Waals surface area (Å²) >= 11 is 0. The number of primary sulfonamides is 1. The van der Waals surface area contributed by atoms with Crippen molar-refractivity contribution in [3.63, 3.8) is 0 Å². The van der Waals surface area contributed by atoms with Crippen LogP contribution in [0.15, 0.2) is 53.5 Å². The van der Waals surface area contributed by atoms with E-state index in [0.29, 0.717) is 5.57 Å². The summed E-state index contributed by atoms with van der Waals surface area (Å²) in [6.07, 6.45) is 0. The van der Waals surface area contributed by atoms with E-state index in [1.165, 1.54) is 25.1 Å². The number of sulfonamides is 1. The number of benzene rings is 1. The second-order valence-electron chi connectivity index (χ2n) is 4.42. The van der Waals surface area contributed by atoms with Gasteiger partial charge in [0.15, 0.2) is 0 Å². The molecule has 0 aromatic heterocycles. The van der Waals surface area contributed by atoms with Crippen molar-refractivity contribution in [3.05, 3.63) is 48.6 Å². The van der Waals surface area contributed by atoms with E-state index < -0.39 is 21.8 Å². The van der Waals surface area contributed by atoms with Crippen LogP contribution in [0.5, 0.6) is 0 Å². The topological polar surface area (TPSA) is 132 Å². The van der Waals surface area contributed by atoms with Crippen LogP contribution in [0, 0.1) is 0 Å². The zero-order valence-corrected chi connectivity index (χ0v) is 13.2. The van der Waals surface area contributed by atoms with Crippen molar-refractivity contribution in [2.45, 2.75) is 18.7 Å². The van der Waals surface area contributed by atoms with Gasteiger partial charge in [-0.2, -0.15) is 0 Å². The summed E-state index contributed by atoms with van der Waals surface area (Å²) in [5.41, 5.74) is 5.53. The van der Waals surface area contributed by atoms with E-state index in [1.54, 1.807) is 13.0 Å². The van der Waals surface area contributed by atoms with Crippen LogP contribution in [0.3, 0.4) is 0 Å². The molecule has 2 amide bonds. The van der Waals surface area contributed by atoms with Crippen molar-refractivity contribution in [1.82, 2.24) is 0 Å². The molecule has 0 saturated heterocycles. The van der Waals surface area contributed by atoms with Crippen molar-refractivity contribution in [3.8, 4) is 0 Å². The number of amides is 2. The first-order valence-corrected chi connectivity index (χ1v) is 7.55. The molecule has 0 bridgehead atoms. The maximum Gasteiger partial charge on any atom is 0.250 e. The second kappa shape index (κ2) is 8.11. The average molecular weight is 325 g/mol. The maximum atomic E-state index is 11.3. The molecule has 0 fully saturated rings. The number of anilines is 1. The molecule has 0 aliphatic heterocycles. The normalized spacial score (nSPS) is 9.95. The van der Waals surface area contributed by atoms with Crippen molar-refractivity contribution in [2.75, 3.05) is 5.32 Å². The van der Waals surface area contributed by atoms with Crippen LogP contribution in [0.2, 0.25) is 0 Å². The van der Waals surface area contributed by atoms with Crippen molar-refractivity contribution in [1.29, 1.82) is 0 Å². The largest absolute Gasteiger partial charge is 0.366 e. The molecule has 1 aromatic carbocycles. The molecule has 1 aromatic rings. The molecule has 1 rings (SSSR count). The van der Waals surface area contributed by atoms with Crippen molar-refractivity contribution >= 4 is 27.5 Å². The van der Waals surface area contributed by atoms with Crippen molar-refractivity contribution in [2.24, 2.45) is 10.9 Å². The van der Waals surface area contributed by atoms with Gasteiger partial charge in [0.25, 0.3) is 5.91 Å². The SMILES string of the molecule is C=C(C)C(=O)Nc1ccccc1S(N)(=O)=O.C=C(C)C(N)=O. The Morgan fingerprint density at radius 2 is 1.55 bits per heavy atom. The number of nitrogens with one attached hydrogen (secondary N) is 1. The molecule has 0 unspecified atom stereocenters. The molecular weight excluding hydrogens is 306 g/mol. The minimum absolute atomic E-state index is 0.121. The van der Waals surface area contributed by atoms with Gasteiger partial charge in [-0.3, -0.25) is 9.59 Å². The molecule has 8 heteroatoms. The molecule has 120 valence electrons. The first-order valence-electron chi connectivity index (χ1n) is 6.00. The molecule has 0 atom stereocenters. The van der Waals surface area contributed by atoms with Gasteiger partial charge >= 0.3 is 0 Å². The van der Waals surface area contributed by atoms with Crippen LogP contribution in [0.1, 0.15) is 13.8 Å². The lowest BCUT2D eigenvalue weighted by Gasteiger charge is -2.08. The zero-order chi connectivity index (χ0) is 17.5. The number of nitrogens with two attached hydrogens (primary N) is 2. The van der Waals surface area contributed by atoms with Gasteiger partial charge in [-0.25, -0.2) is 13.6 Å². The minimum Gasteiger partial charge on any atom is -0.366 e. The molecule has 0 heterocycles. The first kappa shape index (κ1) is 19.6. The number of carbonyl (C=O) groups excluding carboxylic acids is 2. The van der Waals surface area contributed by atoms with Gasteiger partial charge in [0.05, 0.1) is 5.69 Å². The molecule has 22 heavy (non-hydrogen) atoms. The van der Waals surface area contributed by atoms with E-state index in [0.717, 1.165) is 0 Å². The lowest BCUT2D eigenvalue weighted by molar-refractivity contribution is -0.114. The van der Waals surface area contributed by atoms with Gasteiger partial charge in [0.2, 0.25) is 15.9 Å². The van der Waals surface area contributed by atoms with Crippen LogP contribution in [-0.2, 0) is 19.6 Å². The maximum absolute atomic E-state index is 11.3. The van der Waals surface area contributed by atoms with Crippen LogP contribution >= 0.6 is 0 Å². The van der Waals surface area contributed by atoms with E-state index in [-0.39, 0.29) is 16.2 Å². The van der Waals surface area contributed by atoms with Gasteiger partial charge < -0.3 is 11.1 Å². The Hall–Kier alpha value is -2.45. The smallest absolute Gasteiger partial charge is 0.250 e. The number of para-hydroxylation sites is 1. The van der Waals surface area contributed by atoms with E-state index in [2.05, 4.69) is 18.5 Å². The van der Waals surface area contributed by atoms with E-state index in [9.17, 15) is 18.0 Å². The molecular formula is C14H19N3O4S. The standard InChI is InChI=1S/C10H12N2O3S.C4H7NO/c1-7(2)10(13)12-8-5-3-4-6-9(8)16(11,14)15;1-3(2)4(5)6/h3-6H,1H2,2H3,(H,12,13)(H2,11,14,15);1H2,2H3,(H2,5,6). The van der Waals surface area contributed by atoms with Gasteiger partial charge in [-0.1, -0.05) is 25.3 Å². The second-order valence-corrected chi connectivity index (χ2v) is 5.95. The Morgan fingerprint density at radius 3 is 1.91 bits per heavy atom. The summed E-state index contributed by atoms with van der Waals surface area (Å²) in [4.78, 5) is 21.0. The van der Waals surface area contributed by atoms with Gasteiger partial charge in [0.1, 0.15) is 4.90 Å². The molecule has 0 spiro atoms. The molecule has 0 saturated carbocycles. The van der Waals surface area contributed by atoms with E-state index in [4.69, 9.17) is 10.9 Å². The molecule has 0 aliphatic carbocycles. The molecule has 5 N–H and O–H groups in total. The monoisotopic (exact) mass is 325 g/mol. The van der Waals surface area contributed by atoms with E-state index >= 15 is 0 Å². The number of rotatable bonds is 4. The predicted molar refractivity (Wildman–Crippen MR) is 85.3 cm³/mol. The van der Waals surface area contributed by atoms with Gasteiger partial charge in [-0.05, 0) is 26.0 Å². The predicted octanol–water partition coefficient (Wildman–Crippen LogP) is 0.896. The summed E-state index contributed by atoms with van der Waals surface area (Å²) < 4.78 is 22.4. The highest BCUT2D eigenvalue weighted by atomic mass is 32.2. The van der Waals surface area contributed by atoms with Crippen LogP contribution < -0.4 is 16.2 Å². The first-order chi connectivity index (χ1) is 9.96. The highest BCUT2D eigenvalue weighted by Crippen LogP contribution is 2.19. The Labute approximate surface area is 129 Å². The fourth-order valence-electron chi connectivity index (χ4n) is 1.05. The summed E-state index contributed by atoms with van der Waals surface area (Å²) in [7, 11) is -3.85. The number of carbonyl (C=O) groups is 2. The molecule has 7 nitrogen and oxygen atoms in total. The molecule has 0 aliphatic rings. The Kier molecular flexibility index (Phi) is 7.20. The summed E-state index contributed by atoms with van der Waals surface area (Å²) in [6.45, 7) is 9.82. The lowest BCUT2D eigenvalue weighted by atomic mass is 10.3. The van der Waals surface area contributed by atoms with Crippen LogP contribution in [-0.4, -0.2) is 20.2 Å². The summed E-state index contributed by atoms with van der Waals surface area (Å²) in [6, 6.07) is 5.91. The number of hydrogen-bond acceptors (Lipinski definition) is 4. The Morgan fingerprint density at radius 1 is 1.09 bits per heavy atom. The fourth-order valence-corrected chi connectivity index (χ4v) is 1.74. The summed E-state index contributed by atoms with van der Waals surface area (Å²) in [5, 5.41) is 7.43. The fraction of sp³-hybridized carbons (Fsp3) is 0.143. The number of hydrogen-bond donors (Lipinski definition) is 3. The van der Waals surface area contributed by atoms with Crippen LogP contribution in [0.25, 0.3) is 0 Å².